The molecule has 1 aliphatic carbocycles. The Morgan fingerprint density at radius 2 is 1.81 bits per heavy atom. The molecule has 0 bridgehead atoms. The number of carbonyl (C=O) groups is 1. The highest BCUT2D eigenvalue weighted by Gasteiger charge is 2.43. The van der Waals surface area contributed by atoms with E-state index in [9.17, 15) is 10.0 Å². The van der Waals surface area contributed by atoms with Crippen LogP contribution in [-0.2, 0) is 11.3 Å². The van der Waals surface area contributed by atoms with Gasteiger partial charge in [0.05, 0.1) is 18.2 Å². The smallest absolute Gasteiger partial charge is 0.338 e. The van der Waals surface area contributed by atoms with Crippen molar-refractivity contribution >= 4 is 17.2 Å². The van der Waals surface area contributed by atoms with E-state index >= 15 is 0 Å². The van der Waals surface area contributed by atoms with E-state index in [1.165, 1.54) is 7.11 Å². The van der Waals surface area contributed by atoms with Gasteiger partial charge in [0.15, 0.2) is 0 Å². The van der Waals surface area contributed by atoms with Gasteiger partial charge < -0.3 is 9.94 Å². The molecule has 0 saturated carbocycles. The highest BCUT2D eigenvalue weighted by Crippen LogP contribution is 2.52. The summed E-state index contributed by atoms with van der Waals surface area (Å²) in [5.74, 6) is -0.371. The highest BCUT2D eigenvalue weighted by atomic mass is 16.5. The quantitative estimate of drug-likeness (QED) is 0.417. The fourth-order valence-electron chi connectivity index (χ4n) is 4.74. The lowest BCUT2D eigenvalue weighted by atomic mass is 9.90. The number of hydrogen-bond donors (Lipinski definition) is 0. The molecule has 4 heteroatoms. The lowest BCUT2D eigenvalue weighted by Crippen LogP contribution is -2.40. The molecule has 2 aliphatic rings. The van der Waals surface area contributed by atoms with Crippen molar-refractivity contribution < 1.29 is 9.53 Å². The first kappa shape index (κ1) is 18.0. The Balaban J connectivity index is 1.89. The van der Waals surface area contributed by atoms with Gasteiger partial charge in [-0.15, -0.1) is 0 Å². The Labute approximate surface area is 160 Å². The molecule has 2 aromatic carbocycles. The maximum Gasteiger partial charge on any atom is 0.338 e. The van der Waals surface area contributed by atoms with Crippen molar-refractivity contribution in [1.29, 1.82) is 0 Å². The second-order valence-corrected chi connectivity index (χ2v) is 7.72. The van der Waals surface area contributed by atoms with Gasteiger partial charge in [-0.1, -0.05) is 35.4 Å². The summed E-state index contributed by atoms with van der Waals surface area (Å²) in [5.41, 5.74) is 7.37. The number of carbonyl (C=O) groups excluding carboxylic acids is 1. The molecule has 1 unspecified atom stereocenters. The number of hydroxylamine groups is 2. The summed E-state index contributed by atoms with van der Waals surface area (Å²) in [6.45, 7) is 4.48. The van der Waals surface area contributed by atoms with Gasteiger partial charge in [0.25, 0.3) is 0 Å². The van der Waals surface area contributed by atoms with Crippen molar-refractivity contribution in [2.24, 2.45) is 0 Å². The number of benzene rings is 2. The van der Waals surface area contributed by atoms with Crippen LogP contribution in [0.15, 0.2) is 42.1 Å². The number of hydrogen-bond acceptors (Lipinski definition) is 3. The predicted molar refractivity (Wildman–Crippen MR) is 108 cm³/mol. The van der Waals surface area contributed by atoms with Crippen molar-refractivity contribution in [2.75, 3.05) is 7.11 Å². The zero-order valence-electron chi connectivity index (χ0n) is 16.2. The number of allylic oxidation sites excluding steroid dienone is 2. The number of ether oxygens (including phenoxy) is 1. The average Bonchev–Trinajstić information content (AvgIpc) is 2.90. The molecule has 0 spiro atoms. The first-order valence-electron chi connectivity index (χ1n) is 9.55. The number of nitrogens with zero attached hydrogens (tertiary/aromatic N) is 1. The second kappa shape index (κ2) is 6.63. The van der Waals surface area contributed by atoms with Gasteiger partial charge >= 0.3 is 5.97 Å². The van der Waals surface area contributed by atoms with Crippen LogP contribution in [0.4, 0.5) is 5.69 Å². The fourth-order valence-corrected chi connectivity index (χ4v) is 4.74. The second-order valence-electron chi connectivity index (χ2n) is 7.72. The van der Waals surface area contributed by atoms with Crippen molar-refractivity contribution in [3.8, 4) is 0 Å². The van der Waals surface area contributed by atoms with Crippen LogP contribution in [0.5, 0.6) is 0 Å². The lowest BCUT2D eigenvalue weighted by molar-refractivity contribution is 0.0600. The Kier molecular flexibility index (Phi) is 4.41. The van der Waals surface area contributed by atoms with E-state index in [0.717, 1.165) is 59.2 Å². The van der Waals surface area contributed by atoms with Gasteiger partial charge in [0.2, 0.25) is 0 Å². The molecule has 140 valence electrons. The molecule has 1 aliphatic heterocycles. The summed E-state index contributed by atoms with van der Waals surface area (Å²) in [4.78, 5) is 12.4. The van der Waals surface area contributed by atoms with E-state index in [-0.39, 0.29) is 5.97 Å². The third-order valence-corrected chi connectivity index (χ3v) is 5.70. The molecular weight excluding hydrogens is 338 g/mol. The molecule has 0 saturated heterocycles. The maximum absolute atomic E-state index is 14.3. The lowest BCUT2D eigenvalue weighted by Gasteiger charge is -2.42. The molecule has 0 aromatic heterocycles. The van der Waals surface area contributed by atoms with Crippen LogP contribution < -0.4 is 4.65 Å². The van der Waals surface area contributed by atoms with Gasteiger partial charge in [-0.25, -0.2) is 4.79 Å². The van der Waals surface area contributed by atoms with Crippen molar-refractivity contribution in [3.63, 3.8) is 0 Å². The number of fused-ring (bicyclic) bond motifs is 2. The highest BCUT2D eigenvalue weighted by molar-refractivity contribution is 6.01. The summed E-state index contributed by atoms with van der Waals surface area (Å²) >= 11 is 0. The summed E-state index contributed by atoms with van der Waals surface area (Å²) in [6.07, 6.45) is 3.72. The molecule has 0 radical (unpaired) electrons. The zero-order chi connectivity index (χ0) is 19.2. The molecule has 2 aromatic rings. The van der Waals surface area contributed by atoms with Crippen LogP contribution in [0.2, 0.25) is 0 Å². The summed E-state index contributed by atoms with van der Waals surface area (Å²) < 4.78 is 4.51. The van der Waals surface area contributed by atoms with Crippen LogP contribution in [0.3, 0.4) is 0 Å². The SMILES string of the molecule is COC(=O)c1cccc2c1C1=C(CCCC1)[N+]2([O-])Cc1cc(C)cc(C)c1. The third kappa shape index (κ3) is 2.89. The molecule has 1 atom stereocenters. The van der Waals surface area contributed by atoms with E-state index in [1.807, 2.05) is 6.07 Å². The van der Waals surface area contributed by atoms with Crippen LogP contribution in [0.1, 0.15) is 58.3 Å². The average molecular weight is 363 g/mol. The van der Waals surface area contributed by atoms with Crippen LogP contribution in [-0.4, -0.2) is 13.1 Å². The maximum atomic E-state index is 14.3. The van der Waals surface area contributed by atoms with E-state index < -0.39 is 4.65 Å². The molecule has 4 rings (SSSR count). The van der Waals surface area contributed by atoms with E-state index in [0.29, 0.717) is 17.8 Å². The van der Waals surface area contributed by atoms with E-state index in [1.54, 1.807) is 12.1 Å². The Hall–Kier alpha value is -2.43. The molecule has 27 heavy (non-hydrogen) atoms. The van der Waals surface area contributed by atoms with E-state index in [2.05, 4.69) is 32.0 Å². The van der Waals surface area contributed by atoms with Gasteiger partial charge in [-0.05, 0) is 39.2 Å². The van der Waals surface area contributed by atoms with Crippen LogP contribution in [0.25, 0.3) is 5.57 Å². The minimum Gasteiger partial charge on any atom is -0.622 e. The Morgan fingerprint density at radius 1 is 1.11 bits per heavy atom. The molecular formula is C23H25NO3. The number of rotatable bonds is 3. The van der Waals surface area contributed by atoms with E-state index in [4.69, 9.17) is 4.74 Å². The fraction of sp³-hybridized carbons (Fsp3) is 0.348. The van der Waals surface area contributed by atoms with Crippen molar-refractivity contribution in [1.82, 2.24) is 4.65 Å². The van der Waals surface area contributed by atoms with Crippen molar-refractivity contribution in [3.05, 3.63) is 75.1 Å². The van der Waals surface area contributed by atoms with Gasteiger partial charge in [-0.2, -0.15) is 0 Å². The Morgan fingerprint density at radius 3 is 2.52 bits per heavy atom. The first-order valence-corrected chi connectivity index (χ1v) is 9.55. The normalized spacial score (nSPS) is 21.0. The molecule has 0 fully saturated rings. The van der Waals surface area contributed by atoms with Gasteiger partial charge in [0, 0.05) is 23.6 Å². The topological polar surface area (TPSA) is 49.4 Å². The molecule has 4 nitrogen and oxygen atoms in total. The number of methoxy groups -OCH3 is 1. The molecule has 1 heterocycles. The zero-order valence-corrected chi connectivity index (χ0v) is 16.2. The first-order chi connectivity index (χ1) is 12.9. The van der Waals surface area contributed by atoms with Crippen LogP contribution in [0, 0.1) is 19.1 Å². The predicted octanol–water partition coefficient (Wildman–Crippen LogP) is 5.39. The Bertz CT molecular complexity index is 940. The monoisotopic (exact) mass is 363 g/mol. The number of aryl methyl sites for hydroxylation is 2. The minimum absolute atomic E-state index is 0.360. The number of esters is 1. The molecule has 0 N–H and O–H groups in total. The molecule has 0 amide bonds. The van der Waals surface area contributed by atoms with Crippen molar-refractivity contribution in [2.45, 2.75) is 46.1 Å². The van der Waals surface area contributed by atoms with Gasteiger partial charge in [-0.3, -0.25) is 4.65 Å². The summed E-state index contributed by atoms with van der Waals surface area (Å²) in [6, 6.07) is 11.8. The van der Waals surface area contributed by atoms with Crippen LogP contribution >= 0.6 is 0 Å². The summed E-state index contributed by atoms with van der Waals surface area (Å²) in [7, 11) is 1.39. The largest absolute Gasteiger partial charge is 0.622 e. The van der Waals surface area contributed by atoms with Gasteiger partial charge in [0.1, 0.15) is 17.9 Å². The standard InChI is InChI=1S/C23H25NO3/c1-15-11-16(2)13-17(12-15)14-24(26)20-9-5-4-7-18(20)22-19(23(25)27-3)8-6-10-21(22)24/h6,8,10-13H,4-5,7,9,14H2,1-3H3. The number of quaternary nitrogens is 1. The minimum atomic E-state index is -0.474. The summed E-state index contributed by atoms with van der Waals surface area (Å²) in [5, 5.41) is 14.3. The third-order valence-electron chi connectivity index (χ3n) is 5.70.